The Morgan fingerprint density at radius 3 is 2.28 bits per heavy atom. The van der Waals surface area contributed by atoms with Crippen molar-refractivity contribution < 1.29 is 23.5 Å². The van der Waals surface area contributed by atoms with Crippen molar-refractivity contribution in [3.63, 3.8) is 0 Å². The average Bonchev–Trinajstić information content (AvgIpc) is 2.95. The molecule has 3 amide bonds. The molecule has 1 aliphatic heterocycles. The van der Waals surface area contributed by atoms with E-state index in [2.05, 4.69) is 0 Å². The number of anilines is 1. The minimum absolute atomic E-state index is 0.134. The molecule has 1 heterocycles. The second-order valence-corrected chi connectivity index (χ2v) is 7.81. The molecule has 0 aromatic heterocycles. The van der Waals surface area contributed by atoms with Crippen molar-refractivity contribution in [2.45, 2.75) is 38.8 Å². The van der Waals surface area contributed by atoms with Gasteiger partial charge in [-0.25, -0.2) is 9.29 Å². The highest BCUT2D eigenvalue weighted by Gasteiger charge is 2.48. The molecule has 0 bridgehead atoms. The van der Waals surface area contributed by atoms with Gasteiger partial charge < -0.3 is 9.64 Å². The summed E-state index contributed by atoms with van der Waals surface area (Å²) in [5.74, 6) is -1.63. The van der Waals surface area contributed by atoms with E-state index in [9.17, 15) is 18.8 Å². The van der Waals surface area contributed by atoms with E-state index in [0.717, 1.165) is 4.90 Å². The Balaban J connectivity index is 1.97. The predicted octanol–water partition coefficient (Wildman–Crippen LogP) is 3.41. The second kappa shape index (κ2) is 7.66. The molecule has 1 atom stereocenters. The first-order valence-corrected chi connectivity index (χ1v) is 9.24. The summed E-state index contributed by atoms with van der Waals surface area (Å²) in [4.78, 5) is 41.4. The number of carbonyl (C=O) groups excluding carboxylic acids is 3. The van der Waals surface area contributed by atoms with Crippen LogP contribution in [0.4, 0.5) is 10.1 Å². The number of ether oxygens (including phenoxy) is 1. The zero-order valence-electron chi connectivity index (χ0n) is 16.8. The van der Waals surface area contributed by atoms with Crippen molar-refractivity contribution in [3.8, 4) is 5.75 Å². The first-order valence-electron chi connectivity index (χ1n) is 9.24. The maximum atomic E-state index is 14.2. The van der Waals surface area contributed by atoms with Crippen molar-refractivity contribution in [3.05, 3.63) is 59.9 Å². The van der Waals surface area contributed by atoms with Gasteiger partial charge in [0.15, 0.2) is 0 Å². The van der Waals surface area contributed by atoms with E-state index < -0.39 is 35.1 Å². The van der Waals surface area contributed by atoms with Gasteiger partial charge in [-0.2, -0.15) is 0 Å². The normalized spacial score (nSPS) is 16.9. The number of rotatable bonds is 4. The van der Waals surface area contributed by atoms with Crippen LogP contribution in [-0.4, -0.2) is 41.3 Å². The van der Waals surface area contributed by atoms with Crippen molar-refractivity contribution >= 4 is 23.4 Å². The number of nitrogens with zero attached hydrogens (tertiary/aromatic N) is 2. The second-order valence-electron chi connectivity index (χ2n) is 7.81. The SMILES string of the molecule is COc1ccc(N2C(=O)CC(N(C(=O)c3ccccc3F)C(C)(C)C)C2=O)cc1. The van der Waals surface area contributed by atoms with Gasteiger partial charge in [-0.05, 0) is 57.2 Å². The van der Waals surface area contributed by atoms with Gasteiger partial charge in [-0.15, -0.1) is 0 Å². The highest BCUT2D eigenvalue weighted by molar-refractivity contribution is 6.23. The largest absolute Gasteiger partial charge is 0.497 e. The van der Waals surface area contributed by atoms with E-state index in [1.165, 1.54) is 30.2 Å². The number of hydrogen-bond donors (Lipinski definition) is 0. The quantitative estimate of drug-likeness (QED) is 0.741. The Labute approximate surface area is 168 Å². The van der Waals surface area contributed by atoms with E-state index in [0.29, 0.717) is 11.4 Å². The molecular formula is C22H23FN2O4. The summed E-state index contributed by atoms with van der Waals surface area (Å²) >= 11 is 0. The summed E-state index contributed by atoms with van der Waals surface area (Å²) in [7, 11) is 1.52. The Bertz CT molecular complexity index is 950. The summed E-state index contributed by atoms with van der Waals surface area (Å²) in [5.41, 5.74) is -0.545. The van der Waals surface area contributed by atoms with Gasteiger partial charge in [-0.1, -0.05) is 12.1 Å². The molecule has 0 saturated carbocycles. The third-order valence-corrected chi connectivity index (χ3v) is 4.81. The summed E-state index contributed by atoms with van der Waals surface area (Å²) in [5, 5.41) is 0. The lowest BCUT2D eigenvalue weighted by molar-refractivity contribution is -0.123. The predicted molar refractivity (Wildman–Crippen MR) is 106 cm³/mol. The molecule has 0 aliphatic carbocycles. The Hall–Kier alpha value is -3.22. The number of carbonyl (C=O) groups is 3. The first-order chi connectivity index (χ1) is 13.6. The third kappa shape index (κ3) is 3.85. The highest BCUT2D eigenvalue weighted by Crippen LogP contribution is 2.32. The number of methoxy groups -OCH3 is 1. The fourth-order valence-electron chi connectivity index (χ4n) is 3.50. The lowest BCUT2D eigenvalue weighted by Crippen LogP contribution is -2.54. The molecule has 6 nitrogen and oxygen atoms in total. The van der Waals surface area contributed by atoms with Crippen LogP contribution in [0, 0.1) is 5.82 Å². The van der Waals surface area contributed by atoms with E-state index >= 15 is 0 Å². The van der Waals surface area contributed by atoms with E-state index in [1.54, 1.807) is 51.1 Å². The maximum absolute atomic E-state index is 14.2. The zero-order chi connectivity index (χ0) is 21.3. The van der Waals surface area contributed by atoms with Gasteiger partial charge >= 0.3 is 0 Å². The summed E-state index contributed by atoms with van der Waals surface area (Å²) in [6.45, 7) is 5.25. The van der Waals surface area contributed by atoms with Crippen molar-refractivity contribution in [1.29, 1.82) is 0 Å². The van der Waals surface area contributed by atoms with Crippen LogP contribution in [0.2, 0.25) is 0 Å². The van der Waals surface area contributed by atoms with Crippen LogP contribution in [0.15, 0.2) is 48.5 Å². The molecule has 0 spiro atoms. The van der Waals surface area contributed by atoms with Gasteiger partial charge in [0.25, 0.3) is 11.8 Å². The topological polar surface area (TPSA) is 66.9 Å². The fourth-order valence-corrected chi connectivity index (χ4v) is 3.50. The third-order valence-electron chi connectivity index (χ3n) is 4.81. The molecule has 2 aromatic rings. The standard InChI is InChI=1S/C22H23FN2O4/c1-22(2,3)25(20(27)16-7-5-6-8-17(16)23)18-13-19(26)24(21(18)28)14-9-11-15(29-4)12-10-14/h5-12,18H,13H2,1-4H3. The molecule has 0 radical (unpaired) electrons. The zero-order valence-corrected chi connectivity index (χ0v) is 16.8. The molecule has 152 valence electrons. The number of halogens is 1. The first kappa shape index (κ1) is 20.5. The molecule has 1 saturated heterocycles. The molecule has 1 fully saturated rings. The van der Waals surface area contributed by atoms with Gasteiger partial charge in [-0.3, -0.25) is 14.4 Å². The number of imide groups is 1. The number of hydrogen-bond acceptors (Lipinski definition) is 4. The van der Waals surface area contributed by atoms with E-state index in [4.69, 9.17) is 4.74 Å². The van der Waals surface area contributed by atoms with E-state index in [-0.39, 0.29) is 12.0 Å². The Morgan fingerprint density at radius 2 is 1.72 bits per heavy atom. The van der Waals surface area contributed by atoms with Crippen molar-refractivity contribution in [2.75, 3.05) is 12.0 Å². The van der Waals surface area contributed by atoms with Crippen LogP contribution in [0.1, 0.15) is 37.6 Å². The highest BCUT2D eigenvalue weighted by atomic mass is 19.1. The fraction of sp³-hybridized carbons (Fsp3) is 0.318. The van der Waals surface area contributed by atoms with Gasteiger partial charge in [0.1, 0.15) is 17.6 Å². The molecule has 3 rings (SSSR count). The van der Waals surface area contributed by atoms with Gasteiger partial charge in [0.2, 0.25) is 5.91 Å². The molecule has 1 aliphatic rings. The number of amides is 3. The summed E-state index contributed by atoms with van der Waals surface area (Å²) in [6.07, 6.45) is -0.164. The maximum Gasteiger partial charge on any atom is 0.257 e. The Morgan fingerprint density at radius 1 is 1.10 bits per heavy atom. The monoisotopic (exact) mass is 398 g/mol. The molecule has 0 N–H and O–H groups in total. The molecule has 7 heteroatoms. The average molecular weight is 398 g/mol. The van der Waals surface area contributed by atoms with Gasteiger partial charge in [0, 0.05) is 5.54 Å². The molecular weight excluding hydrogens is 375 g/mol. The Kier molecular flexibility index (Phi) is 5.42. The summed E-state index contributed by atoms with van der Waals surface area (Å²) < 4.78 is 19.3. The molecule has 29 heavy (non-hydrogen) atoms. The van der Waals surface area contributed by atoms with Crippen LogP contribution < -0.4 is 9.64 Å². The van der Waals surface area contributed by atoms with E-state index in [1.807, 2.05) is 0 Å². The smallest absolute Gasteiger partial charge is 0.257 e. The molecule has 1 unspecified atom stereocenters. The van der Waals surface area contributed by atoms with Crippen molar-refractivity contribution in [2.24, 2.45) is 0 Å². The van der Waals surface area contributed by atoms with Crippen LogP contribution in [0.25, 0.3) is 0 Å². The van der Waals surface area contributed by atoms with Crippen LogP contribution in [0.5, 0.6) is 5.75 Å². The minimum atomic E-state index is -1.02. The molecule has 2 aromatic carbocycles. The van der Waals surface area contributed by atoms with Crippen molar-refractivity contribution in [1.82, 2.24) is 4.90 Å². The van der Waals surface area contributed by atoms with Crippen LogP contribution in [-0.2, 0) is 9.59 Å². The summed E-state index contributed by atoms with van der Waals surface area (Å²) in [6, 6.07) is 11.1. The lowest BCUT2D eigenvalue weighted by atomic mass is 9.99. The lowest BCUT2D eigenvalue weighted by Gasteiger charge is -2.39. The van der Waals surface area contributed by atoms with Crippen LogP contribution >= 0.6 is 0 Å². The minimum Gasteiger partial charge on any atom is -0.497 e. The van der Waals surface area contributed by atoms with Gasteiger partial charge in [0.05, 0.1) is 24.8 Å². The number of benzene rings is 2. The van der Waals surface area contributed by atoms with Crippen LogP contribution in [0.3, 0.4) is 0 Å².